The Bertz CT molecular complexity index is 1070. The van der Waals surface area contributed by atoms with Crippen LogP contribution in [-0.2, 0) is 24.2 Å². The van der Waals surface area contributed by atoms with Crippen molar-refractivity contribution in [1.29, 1.82) is 0 Å². The Hall–Kier alpha value is -2.47. The van der Waals surface area contributed by atoms with Gasteiger partial charge in [-0.1, -0.05) is 50.6 Å². The topological polar surface area (TPSA) is 64.0 Å². The third-order valence-electron chi connectivity index (χ3n) is 5.71. The fraction of sp³-hybridized carbons (Fsp3) is 0.435. The summed E-state index contributed by atoms with van der Waals surface area (Å²) in [6.07, 6.45) is 6.39. The van der Waals surface area contributed by atoms with E-state index < -0.39 is 0 Å². The van der Waals surface area contributed by atoms with E-state index in [4.69, 9.17) is 0 Å². The minimum Gasteiger partial charge on any atom is -0.348 e. The number of carbonyl (C=O) groups is 1. The molecule has 0 radical (unpaired) electrons. The molecule has 0 aliphatic heterocycles. The van der Waals surface area contributed by atoms with Gasteiger partial charge in [0.1, 0.15) is 11.4 Å². The molecule has 2 aromatic heterocycles. The van der Waals surface area contributed by atoms with Crippen molar-refractivity contribution in [3.63, 3.8) is 0 Å². The number of rotatable bonds is 6. The van der Waals surface area contributed by atoms with Crippen LogP contribution in [0.5, 0.6) is 0 Å². The van der Waals surface area contributed by atoms with Crippen molar-refractivity contribution < 1.29 is 4.79 Å². The number of benzene rings is 1. The van der Waals surface area contributed by atoms with Gasteiger partial charge in [0.15, 0.2) is 0 Å². The summed E-state index contributed by atoms with van der Waals surface area (Å²) in [4.78, 5) is 32.4. The van der Waals surface area contributed by atoms with Crippen LogP contribution < -0.4 is 10.9 Å². The molecule has 0 saturated carbocycles. The maximum absolute atomic E-state index is 13.1. The highest BCUT2D eigenvalue weighted by atomic mass is 32.1. The molecule has 2 atom stereocenters. The maximum atomic E-state index is 13.1. The molecule has 152 valence electrons. The van der Waals surface area contributed by atoms with Gasteiger partial charge < -0.3 is 5.32 Å². The molecule has 0 fully saturated rings. The van der Waals surface area contributed by atoms with E-state index in [-0.39, 0.29) is 24.1 Å². The number of fused-ring (bicyclic) bond motifs is 3. The minimum atomic E-state index is -0.159. The zero-order valence-corrected chi connectivity index (χ0v) is 17.8. The molecule has 4 rings (SSSR count). The number of hydrogen-bond donors (Lipinski definition) is 1. The van der Waals surface area contributed by atoms with Gasteiger partial charge in [-0.25, -0.2) is 4.98 Å². The molecule has 3 aromatic rings. The zero-order chi connectivity index (χ0) is 20.4. The fourth-order valence-electron chi connectivity index (χ4n) is 4.17. The van der Waals surface area contributed by atoms with Gasteiger partial charge in [0, 0.05) is 4.88 Å². The van der Waals surface area contributed by atoms with Gasteiger partial charge in [0.25, 0.3) is 5.56 Å². The molecular weight excluding hydrogens is 382 g/mol. The SMILES string of the molecule is CCC[C@@H](NC(=O)Cn1cnc2sc3c(c2c1=O)CC[C@H](C)C3)c1ccccc1. The quantitative estimate of drug-likeness (QED) is 0.662. The molecule has 1 aliphatic rings. The molecule has 0 bridgehead atoms. The Morgan fingerprint density at radius 2 is 2.14 bits per heavy atom. The second-order valence-corrected chi connectivity index (χ2v) is 9.11. The largest absolute Gasteiger partial charge is 0.348 e. The number of thiophene rings is 1. The van der Waals surface area contributed by atoms with Crippen LogP contribution in [0.15, 0.2) is 41.5 Å². The van der Waals surface area contributed by atoms with Gasteiger partial charge in [-0.15, -0.1) is 11.3 Å². The number of nitrogens with zero attached hydrogens (tertiary/aromatic N) is 2. The Morgan fingerprint density at radius 1 is 1.34 bits per heavy atom. The summed E-state index contributed by atoms with van der Waals surface area (Å²) < 4.78 is 1.46. The van der Waals surface area contributed by atoms with E-state index in [0.717, 1.165) is 53.4 Å². The Balaban J connectivity index is 1.56. The standard InChI is InChI=1S/C23H27N3O2S/c1-3-7-18(16-8-5-4-6-9-16)25-20(27)13-26-14-24-22-21(23(26)28)17-11-10-15(2)12-19(17)29-22/h4-6,8-9,14-15,18H,3,7,10-13H2,1-2H3,(H,25,27)/t15-,18+/m0/s1. The Labute approximate surface area is 174 Å². The molecule has 5 nitrogen and oxygen atoms in total. The lowest BCUT2D eigenvalue weighted by atomic mass is 9.89. The van der Waals surface area contributed by atoms with E-state index in [9.17, 15) is 9.59 Å². The van der Waals surface area contributed by atoms with Gasteiger partial charge in [0.05, 0.1) is 17.8 Å². The van der Waals surface area contributed by atoms with E-state index in [2.05, 4.69) is 24.1 Å². The lowest BCUT2D eigenvalue weighted by Crippen LogP contribution is -2.35. The highest BCUT2D eigenvalue weighted by Gasteiger charge is 2.23. The zero-order valence-electron chi connectivity index (χ0n) is 17.0. The summed E-state index contributed by atoms with van der Waals surface area (Å²) in [6, 6.07) is 9.94. The molecule has 1 aliphatic carbocycles. The molecule has 1 amide bonds. The molecule has 0 spiro atoms. The summed E-state index contributed by atoms with van der Waals surface area (Å²) in [6.45, 7) is 4.35. The fourth-order valence-corrected chi connectivity index (χ4v) is 5.51. The second kappa shape index (κ2) is 8.49. The van der Waals surface area contributed by atoms with E-state index in [1.807, 2.05) is 30.3 Å². The number of aromatic nitrogens is 2. The average Bonchev–Trinajstić information content (AvgIpc) is 3.08. The molecule has 2 heterocycles. The number of aryl methyl sites for hydroxylation is 1. The number of amides is 1. The maximum Gasteiger partial charge on any atom is 0.262 e. The second-order valence-electron chi connectivity index (χ2n) is 8.03. The molecule has 0 saturated heterocycles. The summed E-state index contributed by atoms with van der Waals surface area (Å²) in [5, 5.41) is 3.82. The van der Waals surface area contributed by atoms with Crippen molar-refractivity contribution in [2.45, 2.75) is 58.5 Å². The third kappa shape index (κ3) is 4.13. The highest BCUT2D eigenvalue weighted by Crippen LogP contribution is 2.35. The van der Waals surface area contributed by atoms with Crippen molar-refractivity contribution in [3.8, 4) is 0 Å². The third-order valence-corrected chi connectivity index (χ3v) is 6.87. The Morgan fingerprint density at radius 3 is 2.90 bits per heavy atom. The molecular formula is C23H27N3O2S. The first-order chi connectivity index (χ1) is 14.1. The predicted molar refractivity (Wildman–Crippen MR) is 117 cm³/mol. The molecule has 29 heavy (non-hydrogen) atoms. The van der Waals surface area contributed by atoms with Crippen LogP contribution in [0.3, 0.4) is 0 Å². The molecule has 6 heteroatoms. The normalized spacial score (nSPS) is 17.1. The number of carbonyl (C=O) groups excluding carboxylic acids is 1. The van der Waals surface area contributed by atoms with Crippen molar-refractivity contribution >= 4 is 27.5 Å². The monoisotopic (exact) mass is 409 g/mol. The predicted octanol–water partition coefficient (Wildman–Crippen LogP) is 4.24. The lowest BCUT2D eigenvalue weighted by molar-refractivity contribution is -0.122. The molecule has 1 aromatic carbocycles. The van der Waals surface area contributed by atoms with Crippen molar-refractivity contribution in [3.05, 3.63) is 63.0 Å². The van der Waals surface area contributed by atoms with Crippen LogP contribution in [0.4, 0.5) is 0 Å². The number of hydrogen-bond acceptors (Lipinski definition) is 4. The van der Waals surface area contributed by atoms with Gasteiger partial charge >= 0.3 is 0 Å². The first-order valence-corrected chi connectivity index (χ1v) is 11.2. The molecule has 1 N–H and O–H groups in total. The van der Waals surface area contributed by atoms with Crippen LogP contribution in [0, 0.1) is 5.92 Å². The van der Waals surface area contributed by atoms with Crippen LogP contribution in [0.2, 0.25) is 0 Å². The van der Waals surface area contributed by atoms with Gasteiger partial charge in [-0.2, -0.15) is 0 Å². The van der Waals surface area contributed by atoms with Crippen molar-refractivity contribution in [2.75, 3.05) is 0 Å². The lowest BCUT2D eigenvalue weighted by Gasteiger charge is -2.19. The smallest absolute Gasteiger partial charge is 0.262 e. The first-order valence-electron chi connectivity index (χ1n) is 10.4. The van der Waals surface area contributed by atoms with E-state index in [1.54, 1.807) is 11.3 Å². The summed E-state index contributed by atoms with van der Waals surface area (Å²) in [5.41, 5.74) is 2.15. The first kappa shape index (κ1) is 19.8. The van der Waals surface area contributed by atoms with Gasteiger partial charge in [-0.3, -0.25) is 14.2 Å². The van der Waals surface area contributed by atoms with Crippen LogP contribution in [0.1, 0.15) is 55.2 Å². The van der Waals surface area contributed by atoms with Gasteiger partial charge in [0.2, 0.25) is 5.91 Å². The summed E-state index contributed by atoms with van der Waals surface area (Å²) in [5.74, 6) is 0.491. The Kier molecular flexibility index (Phi) is 5.81. The van der Waals surface area contributed by atoms with E-state index >= 15 is 0 Å². The van der Waals surface area contributed by atoms with E-state index in [1.165, 1.54) is 15.8 Å². The van der Waals surface area contributed by atoms with Crippen molar-refractivity contribution in [1.82, 2.24) is 14.9 Å². The summed E-state index contributed by atoms with van der Waals surface area (Å²) >= 11 is 1.63. The van der Waals surface area contributed by atoms with Gasteiger partial charge in [-0.05, 0) is 42.7 Å². The van der Waals surface area contributed by atoms with Crippen LogP contribution in [0.25, 0.3) is 10.2 Å². The molecule has 0 unspecified atom stereocenters. The highest BCUT2D eigenvalue weighted by molar-refractivity contribution is 7.18. The van der Waals surface area contributed by atoms with Crippen LogP contribution in [-0.4, -0.2) is 15.5 Å². The number of nitrogens with one attached hydrogen (secondary N) is 1. The van der Waals surface area contributed by atoms with E-state index in [0.29, 0.717) is 5.92 Å². The summed E-state index contributed by atoms with van der Waals surface area (Å²) in [7, 11) is 0. The van der Waals surface area contributed by atoms with Crippen molar-refractivity contribution in [2.24, 2.45) is 5.92 Å². The van der Waals surface area contributed by atoms with Crippen LogP contribution >= 0.6 is 11.3 Å². The minimum absolute atomic E-state index is 0.00412. The average molecular weight is 410 g/mol.